The fraction of sp³-hybridized carbons (Fsp3) is 0.353. The zero-order chi connectivity index (χ0) is 16.7. The van der Waals surface area contributed by atoms with Gasteiger partial charge in [0.2, 0.25) is 0 Å². The van der Waals surface area contributed by atoms with E-state index in [0.29, 0.717) is 11.2 Å². The highest BCUT2D eigenvalue weighted by molar-refractivity contribution is 8.14. The number of hydrogen-bond acceptors (Lipinski definition) is 4. The third kappa shape index (κ3) is 2.79. The Morgan fingerprint density at radius 2 is 1.91 bits per heavy atom. The van der Waals surface area contributed by atoms with Gasteiger partial charge in [-0.3, -0.25) is 0 Å². The van der Waals surface area contributed by atoms with Crippen LogP contribution in [0.2, 0.25) is 0 Å². The number of benzene rings is 1. The molecule has 0 fully saturated rings. The summed E-state index contributed by atoms with van der Waals surface area (Å²) in [5.41, 5.74) is 3.25. The van der Waals surface area contributed by atoms with Crippen molar-refractivity contribution in [3.05, 3.63) is 41.1 Å². The molecule has 1 aromatic heterocycles. The molecule has 0 radical (unpaired) electrons. The lowest BCUT2D eigenvalue weighted by molar-refractivity contribution is 0.0697. The first-order valence-corrected chi connectivity index (χ1v) is 8.41. The summed E-state index contributed by atoms with van der Waals surface area (Å²) in [7, 11) is 0. The molecular weight excluding hydrogens is 310 g/mol. The van der Waals surface area contributed by atoms with Crippen molar-refractivity contribution in [2.75, 3.05) is 0 Å². The van der Waals surface area contributed by atoms with Gasteiger partial charge >= 0.3 is 5.97 Å². The van der Waals surface area contributed by atoms with E-state index < -0.39 is 5.97 Å². The van der Waals surface area contributed by atoms with E-state index in [2.05, 4.69) is 18.9 Å². The van der Waals surface area contributed by atoms with Crippen molar-refractivity contribution in [3.8, 4) is 5.69 Å². The lowest BCUT2D eigenvalue weighted by atomic mass is 10.0. The van der Waals surface area contributed by atoms with Crippen molar-refractivity contribution in [1.29, 1.82) is 0 Å². The Bertz CT molecular complexity index is 791. The number of carbonyl (C=O) groups is 1. The van der Waals surface area contributed by atoms with Crippen molar-refractivity contribution < 1.29 is 9.90 Å². The van der Waals surface area contributed by atoms with Crippen LogP contribution in [0.5, 0.6) is 0 Å². The molecule has 1 N–H and O–H groups in total. The third-order valence-corrected chi connectivity index (χ3v) is 5.36. The largest absolute Gasteiger partial charge is 0.478 e. The number of rotatable bonds is 3. The molecule has 5 nitrogen and oxygen atoms in total. The third-order valence-electron chi connectivity index (χ3n) is 3.89. The lowest BCUT2D eigenvalue weighted by Gasteiger charge is -2.24. The van der Waals surface area contributed by atoms with Gasteiger partial charge in [-0.1, -0.05) is 13.8 Å². The van der Waals surface area contributed by atoms with E-state index in [1.807, 2.05) is 18.5 Å². The summed E-state index contributed by atoms with van der Waals surface area (Å²) in [6, 6.07) is 6.73. The molecule has 0 saturated heterocycles. The first kappa shape index (κ1) is 15.8. The van der Waals surface area contributed by atoms with Gasteiger partial charge in [-0.2, -0.15) is 5.10 Å². The maximum Gasteiger partial charge on any atom is 0.335 e. The number of fused-ring (bicyclic) bond motifs is 1. The Kier molecular flexibility index (Phi) is 4.02. The quantitative estimate of drug-likeness (QED) is 0.908. The summed E-state index contributed by atoms with van der Waals surface area (Å²) in [6.07, 6.45) is 0. The van der Waals surface area contributed by atoms with Gasteiger partial charge in [0.15, 0.2) is 5.82 Å². The highest BCUT2D eigenvalue weighted by Gasteiger charge is 2.30. The van der Waals surface area contributed by atoms with E-state index in [1.165, 1.54) is 5.56 Å². The molecule has 0 unspecified atom stereocenters. The minimum absolute atomic E-state index is 0.266. The number of hydrogen-bond donors (Lipinski definition) is 1. The van der Waals surface area contributed by atoms with Gasteiger partial charge in [0.25, 0.3) is 0 Å². The predicted octanol–water partition coefficient (Wildman–Crippen LogP) is 4.37. The topological polar surface area (TPSA) is 67.5 Å². The average molecular weight is 329 g/mol. The minimum Gasteiger partial charge on any atom is -0.478 e. The molecule has 1 aromatic carbocycles. The molecule has 2 heterocycles. The van der Waals surface area contributed by atoms with Crippen molar-refractivity contribution in [3.63, 3.8) is 0 Å². The molecule has 120 valence electrons. The van der Waals surface area contributed by atoms with Crippen LogP contribution in [0.15, 0.2) is 29.3 Å². The molecule has 0 spiro atoms. The second-order valence-corrected chi connectivity index (χ2v) is 7.33. The fourth-order valence-corrected chi connectivity index (χ4v) is 3.95. The molecule has 3 rings (SSSR count). The number of aryl methyl sites for hydroxylation is 1. The number of aliphatic imine (C=N–C) groups is 1. The van der Waals surface area contributed by atoms with Gasteiger partial charge in [0.05, 0.1) is 22.0 Å². The highest BCUT2D eigenvalue weighted by Crippen LogP contribution is 2.47. The molecule has 6 heteroatoms. The van der Waals surface area contributed by atoms with Crippen molar-refractivity contribution in [2.24, 2.45) is 10.9 Å². The van der Waals surface area contributed by atoms with Crippen LogP contribution in [-0.2, 0) is 0 Å². The van der Waals surface area contributed by atoms with Crippen molar-refractivity contribution in [1.82, 2.24) is 9.78 Å². The molecule has 1 atom stereocenters. The van der Waals surface area contributed by atoms with Crippen LogP contribution in [-0.4, -0.2) is 25.9 Å². The van der Waals surface area contributed by atoms with E-state index >= 15 is 0 Å². The number of thioether (sulfide) groups is 1. The molecule has 0 amide bonds. The van der Waals surface area contributed by atoms with Gasteiger partial charge in [-0.15, -0.1) is 11.8 Å². The summed E-state index contributed by atoms with van der Waals surface area (Å²) in [5, 5.41) is 15.0. The maximum atomic E-state index is 11.0. The summed E-state index contributed by atoms with van der Waals surface area (Å²) in [6.45, 7) is 8.44. The van der Waals surface area contributed by atoms with E-state index in [-0.39, 0.29) is 5.56 Å². The monoisotopic (exact) mass is 329 g/mol. The zero-order valence-corrected chi connectivity index (χ0v) is 14.4. The van der Waals surface area contributed by atoms with Gasteiger partial charge in [-0.25, -0.2) is 14.5 Å². The number of aromatic nitrogens is 2. The zero-order valence-electron chi connectivity index (χ0n) is 13.6. The van der Waals surface area contributed by atoms with E-state index in [4.69, 9.17) is 10.1 Å². The molecule has 1 aliphatic rings. The van der Waals surface area contributed by atoms with E-state index in [9.17, 15) is 4.79 Å². The second-order valence-electron chi connectivity index (χ2n) is 6.00. The highest BCUT2D eigenvalue weighted by atomic mass is 32.2. The Hall–Kier alpha value is -2.08. The van der Waals surface area contributed by atoms with Gasteiger partial charge in [-0.05, 0) is 44.0 Å². The van der Waals surface area contributed by atoms with Crippen LogP contribution in [0.4, 0.5) is 5.82 Å². The van der Waals surface area contributed by atoms with Gasteiger partial charge in [0.1, 0.15) is 0 Å². The fourth-order valence-electron chi connectivity index (χ4n) is 2.78. The Labute approximate surface area is 139 Å². The lowest BCUT2D eigenvalue weighted by Crippen LogP contribution is -2.10. The van der Waals surface area contributed by atoms with Crippen molar-refractivity contribution >= 4 is 28.6 Å². The Morgan fingerprint density at radius 1 is 1.26 bits per heavy atom. The normalized spacial score (nSPS) is 17.1. The first-order chi connectivity index (χ1) is 10.9. The van der Waals surface area contributed by atoms with Crippen LogP contribution in [0.1, 0.15) is 47.6 Å². The second kappa shape index (κ2) is 5.85. The van der Waals surface area contributed by atoms with Crippen LogP contribution in [0.3, 0.4) is 0 Å². The minimum atomic E-state index is -0.930. The molecule has 0 bridgehead atoms. The smallest absolute Gasteiger partial charge is 0.335 e. The molecule has 0 aliphatic carbocycles. The number of carboxylic acid groups (broad SMARTS) is 1. The molecule has 1 aliphatic heterocycles. The van der Waals surface area contributed by atoms with E-state index in [0.717, 1.165) is 22.2 Å². The number of carboxylic acids is 1. The summed E-state index contributed by atoms with van der Waals surface area (Å²) >= 11 is 1.79. The Morgan fingerprint density at radius 3 is 2.48 bits per heavy atom. The Balaban J connectivity index is 2.12. The summed E-state index contributed by atoms with van der Waals surface area (Å²) in [5.74, 6) is 0.413. The molecule has 2 aromatic rings. The van der Waals surface area contributed by atoms with E-state index in [1.54, 1.807) is 36.0 Å². The van der Waals surface area contributed by atoms with Crippen LogP contribution < -0.4 is 0 Å². The van der Waals surface area contributed by atoms with Gasteiger partial charge in [0, 0.05) is 10.8 Å². The molecule has 0 saturated carbocycles. The summed E-state index contributed by atoms with van der Waals surface area (Å²) < 4.78 is 1.81. The molecular formula is C17H19N3O2S. The van der Waals surface area contributed by atoms with Crippen LogP contribution in [0.25, 0.3) is 5.69 Å². The van der Waals surface area contributed by atoms with Crippen molar-refractivity contribution in [2.45, 2.75) is 32.9 Å². The number of aromatic carboxylic acids is 1. The predicted molar refractivity (Wildman–Crippen MR) is 93.2 cm³/mol. The van der Waals surface area contributed by atoms with Gasteiger partial charge < -0.3 is 5.11 Å². The van der Waals surface area contributed by atoms with Crippen LogP contribution >= 0.6 is 11.8 Å². The first-order valence-electron chi connectivity index (χ1n) is 7.53. The molecule has 23 heavy (non-hydrogen) atoms. The standard InChI is InChI=1S/C17H19N3O2S/c1-9(2)15-14-10(3)19-20(16(14)18-11(4)23-15)13-7-5-12(6-8-13)17(21)22/h5-9,15H,1-4H3,(H,21,22)/t15-/m1/s1. The SMILES string of the molecule is CC1=Nc2c(c(C)nn2-c2ccc(C(=O)O)cc2)[C@@H](C(C)C)S1. The average Bonchev–Trinajstić information content (AvgIpc) is 2.83. The number of nitrogens with zero attached hydrogens (tertiary/aromatic N) is 3. The maximum absolute atomic E-state index is 11.0. The summed E-state index contributed by atoms with van der Waals surface area (Å²) in [4.78, 5) is 15.7. The van der Waals surface area contributed by atoms with Crippen LogP contribution in [0, 0.1) is 12.8 Å².